The Labute approximate surface area is 144 Å². The zero-order valence-corrected chi connectivity index (χ0v) is 14.6. The van der Waals surface area contributed by atoms with Crippen molar-refractivity contribution >= 4 is 38.8 Å². The van der Waals surface area contributed by atoms with Crippen molar-refractivity contribution in [2.45, 2.75) is 19.9 Å². The lowest BCUT2D eigenvalue weighted by Gasteiger charge is -2.16. The fourth-order valence-electron chi connectivity index (χ4n) is 2.43. The molecule has 0 aliphatic carbocycles. The van der Waals surface area contributed by atoms with Gasteiger partial charge in [0.15, 0.2) is 0 Å². The minimum Gasteiger partial charge on any atom is -0.495 e. The highest BCUT2D eigenvalue weighted by atomic mass is 32.1. The number of para-hydroxylation sites is 2. The molecule has 124 valence electrons. The molecule has 1 aromatic heterocycles. The van der Waals surface area contributed by atoms with E-state index in [1.807, 2.05) is 56.3 Å². The number of anilines is 2. The van der Waals surface area contributed by atoms with E-state index in [2.05, 4.69) is 15.6 Å². The molecular formula is C18H19N3O2S. The van der Waals surface area contributed by atoms with Crippen LogP contribution >= 0.6 is 11.3 Å². The third kappa shape index (κ3) is 3.49. The number of fused-ring (bicyclic) bond motifs is 1. The Morgan fingerprint density at radius 3 is 2.83 bits per heavy atom. The number of rotatable bonds is 5. The molecule has 1 atom stereocenters. The topological polar surface area (TPSA) is 63.2 Å². The minimum absolute atomic E-state index is 0.125. The van der Waals surface area contributed by atoms with Gasteiger partial charge in [0.25, 0.3) is 0 Å². The number of nitrogens with zero attached hydrogens (tertiary/aromatic N) is 1. The monoisotopic (exact) mass is 341 g/mol. The van der Waals surface area contributed by atoms with Gasteiger partial charge in [0.1, 0.15) is 11.8 Å². The number of benzene rings is 2. The van der Waals surface area contributed by atoms with Crippen molar-refractivity contribution in [2.75, 3.05) is 17.7 Å². The second-order valence-electron chi connectivity index (χ2n) is 5.47. The van der Waals surface area contributed by atoms with Gasteiger partial charge in [0.2, 0.25) is 5.91 Å². The van der Waals surface area contributed by atoms with Crippen molar-refractivity contribution < 1.29 is 9.53 Å². The second kappa shape index (κ2) is 6.88. The summed E-state index contributed by atoms with van der Waals surface area (Å²) in [5, 5.41) is 7.14. The first-order valence-electron chi connectivity index (χ1n) is 7.64. The van der Waals surface area contributed by atoms with Gasteiger partial charge in [0, 0.05) is 5.69 Å². The lowest BCUT2D eigenvalue weighted by Crippen LogP contribution is -2.31. The first-order valence-corrected chi connectivity index (χ1v) is 8.46. The molecule has 0 unspecified atom stereocenters. The molecule has 0 bridgehead atoms. The average Bonchev–Trinajstić information content (AvgIpc) is 2.94. The molecule has 3 aromatic rings. The number of amides is 1. The van der Waals surface area contributed by atoms with Crippen LogP contribution in [0.15, 0.2) is 42.5 Å². The van der Waals surface area contributed by atoms with Crippen molar-refractivity contribution in [2.24, 2.45) is 0 Å². The number of hydrogen-bond acceptors (Lipinski definition) is 5. The highest BCUT2D eigenvalue weighted by molar-refractivity contribution is 7.18. The van der Waals surface area contributed by atoms with Crippen LogP contribution in [-0.2, 0) is 4.79 Å². The molecule has 1 heterocycles. The lowest BCUT2D eigenvalue weighted by atomic mass is 10.2. The SMILES string of the molecule is COc1ccccc1NC(=O)[C@@H](C)Nc1ccc2nc(C)sc2c1. The number of aryl methyl sites for hydroxylation is 1. The molecule has 2 N–H and O–H groups in total. The molecule has 0 fully saturated rings. The number of methoxy groups -OCH3 is 1. The molecule has 0 spiro atoms. The largest absolute Gasteiger partial charge is 0.495 e. The molecule has 6 heteroatoms. The van der Waals surface area contributed by atoms with Gasteiger partial charge in [-0.15, -0.1) is 11.3 Å². The van der Waals surface area contributed by atoms with E-state index in [4.69, 9.17) is 4.74 Å². The highest BCUT2D eigenvalue weighted by Gasteiger charge is 2.15. The molecule has 3 rings (SSSR count). The predicted octanol–water partition coefficient (Wildman–Crippen LogP) is 4.05. The van der Waals surface area contributed by atoms with Crippen molar-refractivity contribution in [1.29, 1.82) is 0 Å². The van der Waals surface area contributed by atoms with E-state index < -0.39 is 0 Å². The zero-order valence-electron chi connectivity index (χ0n) is 13.8. The second-order valence-corrected chi connectivity index (χ2v) is 6.71. The molecule has 0 saturated carbocycles. The van der Waals surface area contributed by atoms with Gasteiger partial charge in [-0.25, -0.2) is 4.98 Å². The van der Waals surface area contributed by atoms with Gasteiger partial charge in [-0.1, -0.05) is 12.1 Å². The standard InChI is InChI=1S/C18H19N3O2S/c1-11(18(22)21-14-6-4-5-7-16(14)23-3)19-13-8-9-15-17(10-13)24-12(2)20-15/h4-11,19H,1-3H3,(H,21,22)/t11-/m1/s1. The summed E-state index contributed by atoms with van der Waals surface area (Å²) in [6.45, 7) is 3.81. The van der Waals surface area contributed by atoms with Crippen LogP contribution in [0.5, 0.6) is 5.75 Å². The summed E-state index contributed by atoms with van der Waals surface area (Å²) in [7, 11) is 1.58. The van der Waals surface area contributed by atoms with E-state index in [9.17, 15) is 4.79 Å². The van der Waals surface area contributed by atoms with Gasteiger partial charge in [-0.05, 0) is 44.2 Å². The van der Waals surface area contributed by atoms with Crippen molar-refractivity contribution in [3.05, 3.63) is 47.5 Å². The Hall–Kier alpha value is -2.60. The molecule has 24 heavy (non-hydrogen) atoms. The Morgan fingerprint density at radius 2 is 2.04 bits per heavy atom. The van der Waals surface area contributed by atoms with E-state index >= 15 is 0 Å². The predicted molar refractivity (Wildman–Crippen MR) is 99.1 cm³/mol. The summed E-state index contributed by atoms with van der Waals surface area (Å²) in [4.78, 5) is 16.9. The van der Waals surface area contributed by atoms with Crippen LogP contribution in [0.4, 0.5) is 11.4 Å². The number of carbonyl (C=O) groups is 1. The maximum Gasteiger partial charge on any atom is 0.246 e. The fraction of sp³-hybridized carbons (Fsp3) is 0.222. The number of aromatic nitrogens is 1. The Balaban J connectivity index is 1.70. The average molecular weight is 341 g/mol. The molecule has 0 saturated heterocycles. The maximum absolute atomic E-state index is 12.4. The van der Waals surface area contributed by atoms with Crippen LogP contribution in [0.2, 0.25) is 0 Å². The van der Waals surface area contributed by atoms with Crippen LogP contribution in [0, 0.1) is 6.92 Å². The highest BCUT2D eigenvalue weighted by Crippen LogP contribution is 2.26. The normalized spacial score (nSPS) is 12.0. The van der Waals surface area contributed by atoms with Gasteiger partial charge in [-0.3, -0.25) is 4.79 Å². The van der Waals surface area contributed by atoms with Crippen LogP contribution in [0.1, 0.15) is 11.9 Å². The minimum atomic E-state index is -0.388. The summed E-state index contributed by atoms with van der Waals surface area (Å²) in [6.07, 6.45) is 0. The van der Waals surface area contributed by atoms with Crippen LogP contribution < -0.4 is 15.4 Å². The Bertz CT molecular complexity index is 876. The molecular weight excluding hydrogens is 322 g/mol. The van der Waals surface area contributed by atoms with Crippen LogP contribution in [0.3, 0.4) is 0 Å². The summed E-state index contributed by atoms with van der Waals surface area (Å²) >= 11 is 1.64. The zero-order chi connectivity index (χ0) is 17.1. The summed E-state index contributed by atoms with van der Waals surface area (Å²) in [6, 6.07) is 12.9. The van der Waals surface area contributed by atoms with Gasteiger partial charge >= 0.3 is 0 Å². The Kier molecular flexibility index (Phi) is 4.66. The number of nitrogens with one attached hydrogen (secondary N) is 2. The summed E-state index contributed by atoms with van der Waals surface area (Å²) in [5.74, 6) is 0.514. The lowest BCUT2D eigenvalue weighted by molar-refractivity contribution is -0.116. The van der Waals surface area contributed by atoms with E-state index in [0.717, 1.165) is 20.9 Å². The third-order valence-corrected chi connectivity index (χ3v) is 4.57. The third-order valence-electron chi connectivity index (χ3n) is 3.64. The number of carbonyl (C=O) groups excluding carboxylic acids is 1. The number of thiazole rings is 1. The summed E-state index contributed by atoms with van der Waals surface area (Å²) < 4.78 is 6.36. The van der Waals surface area contributed by atoms with Crippen molar-refractivity contribution in [3.63, 3.8) is 0 Å². The van der Waals surface area contributed by atoms with E-state index in [-0.39, 0.29) is 11.9 Å². The molecule has 2 aromatic carbocycles. The van der Waals surface area contributed by atoms with Gasteiger partial charge < -0.3 is 15.4 Å². The van der Waals surface area contributed by atoms with Gasteiger partial charge in [-0.2, -0.15) is 0 Å². The fourth-order valence-corrected chi connectivity index (χ4v) is 3.30. The smallest absolute Gasteiger partial charge is 0.246 e. The molecule has 0 radical (unpaired) electrons. The van der Waals surface area contributed by atoms with E-state index in [0.29, 0.717) is 11.4 Å². The number of ether oxygens (including phenoxy) is 1. The maximum atomic E-state index is 12.4. The quantitative estimate of drug-likeness (QED) is 0.735. The van der Waals surface area contributed by atoms with E-state index in [1.165, 1.54) is 0 Å². The molecule has 0 aliphatic rings. The molecule has 0 aliphatic heterocycles. The van der Waals surface area contributed by atoms with Crippen molar-refractivity contribution in [1.82, 2.24) is 4.98 Å². The number of hydrogen-bond donors (Lipinski definition) is 2. The Morgan fingerprint density at radius 1 is 1.25 bits per heavy atom. The van der Waals surface area contributed by atoms with Crippen LogP contribution in [0.25, 0.3) is 10.2 Å². The van der Waals surface area contributed by atoms with E-state index in [1.54, 1.807) is 18.4 Å². The van der Waals surface area contributed by atoms with Crippen molar-refractivity contribution in [3.8, 4) is 5.75 Å². The summed E-state index contributed by atoms with van der Waals surface area (Å²) in [5.41, 5.74) is 2.54. The van der Waals surface area contributed by atoms with Gasteiger partial charge in [0.05, 0.1) is 28.0 Å². The van der Waals surface area contributed by atoms with Crippen LogP contribution in [-0.4, -0.2) is 24.0 Å². The molecule has 1 amide bonds. The molecule has 5 nitrogen and oxygen atoms in total. The first kappa shape index (κ1) is 16.3. The first-order chi connectivity index (χ1) is 11.6.